The molecule has 2 unspecified atom stereocenters. The van der Waals surface area contributed by atoms with Gasteiger partial charge in [0.15, 0.2) is 6.23 Å². The molecule has 0 aliphatic carbocycles. The first kappa shape index (κ1) is 9.79. The molecule has 5 nitrogen and oxygen atoms in total. The standard InChI is InChI=1S/C10H13N3O2/c11-9(13-14)7-5-6-3-1-2-4-8(6)15-10(7)12/h1-4,7,10,14H,5,12H2,(H2,11,13). The smallest absolute Gasteiger partial charge is 0.158 e. The lowest BCUT2D eigenvalue weighted by molar-refractivity contribution is 0.148. The van der Waals surface area contributed by atoms with E-state index in [0.717, 1.165) is 11.3 Å². The monoisotopic (exact) mass is 207 g/mol. The molecule has 0 radical (unpaired) electrons. The first-order valence-electron chi connectivity index (χ1n) is 4.70. The Kier molecular flexibility index (Phi) is 2.47. The summed E-state index contributed by atoms with van der Waals surface area (Å²) in [4.78, 5) is 0. The highest BCUT2D eigenvalue weighted by molar-refractivity contribution is 5.83. The van der Waals surface area contributed by atoms with Crippen molar-refractivity contribution in [3.05, 3.63) is 29.8 Å². The van der Waals surface area contributed by atoms with Crippen molar-refractivity contribution in [1.29, 1.82) is 0 Å². The van der Waals surface area contributed by atoms with Crippen LogP contribution in [0.3, 0.4) is 0 Å². The average Bonchev–Trinajstić information content (AvgIpc) is 2.27. The minimum absolute atomic E-state index is 0.108. The summed E-state index contributed by atoms with van der Waals surface area (Å²) >= 11 is 0. The molecule has 1 heterocycles. The molecule has 5 heteroatoms. The number of fused-ring (bicyclic) bond motifs is 1. The Balaban J connectivity index is 2.29. The number of benzene rings is 1. The minimum atomic E-state index is -0.559. The highest BCUT2D eigenvalue weighted by Crippen LogP contribution is 2.28. The summed E-state index contributed by atoms with van der Waals surface area (Å²) in [5, 5.41) is 11.6. The molecular weight excluding hydrogens is 194 g/mol. The van der Waals surface area contributed by atoms with Gasteiger partial charge in [-0.15, -0.1) is 0 Å². The van der Waals surface area contributed by atoms with E-state index in [1.165, 1.54) is 0 Å². The zero-order valence-electron chi connectivity index (χ0n) is 8.13. The van der Waals surface area contributed by atoms with Gasteiger partial charge in [0.05, 0.1) is 5.92 Å². The first-order valence-corrected chi connectivity index (χ1v) is 4.70. The fourth-order valence-electron chi connectivity index (χ4n) is 1.72. The van der Waals surface area contributed by atoms with Crippen molar-refractivity contribution >= 4 is 5.84 Å². The van der Waals surface area contributed by atoms with E-state index in [0.29, 0.717) is 6.42 Å². The first-order chi connectivity index (χ1) is 7.22. The van der Waals surface area contributed by atoms with Gasteiger partial charge < -0.3 is 15.7 Å². The molecule has 0 spiro atoms. The summed E-state index contributed by atoms with van der Waals surface area (Å²) in [5.41, 5.74) is 12.3. The Morgan fingerprint density at radius 2 is 2.20 bits per heavy atom. The van der Waals surface area contributed by atoms with Crippen LogP contribution < -0.4 is 16.2 Å². The molecule has 80 valence electrons. The zero-order valence-corrected chi connectivity index (χ0v) is 8.13. The number of nitrogens with zero attached hydrogens (tertiary/aromatic N) is 1. The second-order valence-electron chi connectivity index (χ2n) is 3.53. The number of para-hydroxylation sites is 1. The summed E-state index contributed by atoms with van der Waals surface area (Å²) in [6, 6.07) is 7.61. The van der Waals surface area contributed by atoms with Gasteiger partial charge in [-0.1, -0.05) is 23.4 Å². The molecule has 1 aliphatic rings. The quantitative estimate of drug-likeness (QED) is 0.266. The molecule has 0 saturated heterocycles. The predicted molar refractivity (Wildman–Crippen MR) is 55.6 cm³/mol. The lowest BCUT2D eigenvalue weighted by Gasteiger charge is -2.29. The van der Waals surface area contributed by atoms with Crippen molar-refractivity contribution < 1.29 is 9.94 Å². The van der Waals surface area contributed by atoms with Crippen LogP contribution in [0, 0.1) is 5.92 Å². The van der Waals surface area contributed by atoms with Crippen molar-refractivity contribution in [3.8, 4) is 5.75 Å². The third kappa shape index (κ3) is 1.73. The number of amidine groups is 1. The second kappa shape index (κ2) is 3.78. The number of oxime groups is 1. The molecule has 0 amide bonds. The van der Waals surface area contributed by atoms with Gasteiger partial charge in [-0.05, 0) is 18.1 Å². The molecule has 0 bridgehead atoms. The summed E-state index contributed by atoms with van der Waals surface area (Å²) in [5.74, 6) is 0.605. The molecule has 0 aromatic heterocycles. The maximum atomic E-state index is 8.60. The number of hydrogen-bond acceptors (Lipinski definition) is 4. The van der Waals surface area contributed by atoms with Crippen LogP contribution in [0.2, 0.25) is 0 Å². The van der Waals surface area contributed by atoms with Crippen molar-refractivity contribution in [1.82, 2.24) is 0 Å². The number of rotatable bonds is 1. The van der Waals surface area contributed by atoms with Crippen LogP contribution in [0.25, 0.3) is 0 Å². The van der Waals surface area contributed by atoms with Crippen LogP contribution in [0.5, 0.6) is 5.75 Å². The van der Waals surface area contributed by atoms with Crippen LogP contribution in [-0.2, 0) is 6.42 Å². The Morgan fingerprint density at radius 3 is 2.93 bits per heavy atom. The van der Waals surface area contributed by atoms with Gasteiger partial charge in [0.1, 0.15) is 11.6 Å². The fraction of sp³-hybridized carbons (Fsp3) is 0.300. The number of ether oxygens (including phenoxy) is 1. The third-order valence-electron chi connectivity index (χ3n) is 2.57. The molecule has 0 fully saturated rings. The van der Waals surface area contributed by atoms with E-state index in [2.05, 4.69) is 5.16 Å². The molecule has 1 aliphatic heterocycles. The van der Waals surface area contributed by atoms with Crippen LogP contribution in [0.15, 0.2) is 29.4 Å². The van der Waals surface area contributed by atoms with Crippen molar-refractivity contribution in [3.63, 3.8) is 0 Å². The van der Waals surface area contributed by atoms with E-state index in [-0.39, 0.29) is 11.8 Å². The SMILES string of the molecule is NC(=NO)C1Cc2ccccc2OC1N. The van der Waals surface area contributed by atoms with Gasteiger partial charge in [-0.2, -0.15) is 0 Å². The van der Waals surface area contributed by atoms with Gasteiger partial charge in [0.2, 0.25) is 0 Å². The summed E-state index contributed by atoms with van der Waals surface area (Å²) in [6.45, 7) is 0. The highest BCUT2D eigenvalue weighted by atomic mass is 16.5. The predicted octanol–water partition coefficient (Wildman–Crippen LogP) is 0.269. The Morgan fingerprint density at radius 1 is 1.47 bits per heavy atom. The van der Waals surface area contributed by atoms with E-state index in [4.69, 9.17) is 21.4 Å². The van der Waals surface area contributed by atoms with E-state index in [9.17, 15) is 0 Å². The second-order valence-corrected chi connectivity index (χ2v) is 3.53. The normalized spacial score (nSPS) is 25.5. The van der Waals surface area contributed by atoms with Gasteiger partial charge in [0.25, 0.3) is 0 Å². The van der Waals surface area contributed by atoms with E-state index in [1.807, 2.05) is 24.3 Å². The Labute approximate surface area is 87.3 Å². The molecule has 0 saturated carbocycles. The zero-order chi connectivity index (χ0) is 10.8. The van der Waals surface area contributed by atoms with E-state index in [1.54, 1.807) is 0 Å². The molecule has 1 aromatic carbocycles. The lowest BCUT2D eigenvalue weighted by Crippen LogP contribution is -2.46. The maximum Gasteiger partial charge on any atom is 0.158 e. The molecule has 5 N–H and O–H groups in total. The van der Waals surface area contributed by atoms with Crippen LogP contribution >= 0.6 is 0 Å². The fourth-order valence-corrected chi connectivity index (χ4v) is 1.72. The summed E-state index contributed by atoms with van der Waals surface area (Å²) in [6.07, 6.45) is 0.0727. The largest absolute Gasteiger partial charge is 0.474 e. The van der Waals surface area contributed by atoms with E-state index >= 15 is 0 Å². The molecule has 15 heavy (non-hydrogen) atoms. The van der Waals surface area contributed by atoms with Crippen molar-refractivity contribution in [2.45, 2.75) is 12.6 Å². The third-order valence-corrected chi connectivity index (χ3v) is 2.57. The van der Waals surface area contributed by atoms with Crippen molar-refractivity contribution in [2.24, 2.45) is 22.5 Å². The van der Waals surface area contributed by atoms with Crippen LogP contribution in [0.4, 0.5) is 0 Å². The molecule has 2 atom stereocenters. The van der Waals surface area contributed by atoms with Crippen molar-refractivity contribution in [2.75, 3.05) is 0 Å². The van der Waals surface area contributed by atoms with Crippen LogP contribution in [0.1, 0.15) is 5.56 Å². The molecule has 2 rings (SSSR count). The summed E-state index contributed by atoms with van der Waals surface area (Å²) < 4.78 is 5.47. The van der Waals surface area contributed by atoms with E-state index < -0.39 is 6.23 Å². The molecular formula is C10H13N3O2. The average molecular weight is 207 g/mol. The highest BCUT2D eigenvalue weighted by Gasteiger charge is 2.30. The topological polar surface area (TPSA) is 93.9 Å². The number of hydrogen-bond donors (Lipinski definition) is 3. The van der Waals surface area contributed by atoms with Gasteiger partial charge in [-0.25, -0.2) is 0 Å². The summed E-state index contributed by atoms with van der Waals surface area (Å²) in [7, 11) is 0. The van der Waals surface area contributed by atoms with Gasteiger partial charge >= 0.3 is 0 Å². The maximum absolute atomic E-state index is 8.60. The minimum Gasteiger partial charge on any atom is -0.474 e. The Bertz CT molecular complexity index is 392. The van der Waals surface area contributed by atoms with Gasteiger partial charge in [-0.3, -0.25) is 5.73 Å². The lowest BCUT2D eigenvalue weighted by atomic mass is 9.93. The van der Waals surface area contributed by atoms with Gasteiger partial charge in [0, 0.05) is 0 Å². The number of nitrogens with two attached hydrogens (primary N) is 2. The Hall–Kier alpha value is -1.75. The molecule has 1 aromatic rings. The van der Waals surface area contributed by atoms with Crippen LogP contribution in [-0.4, -0.2) is 17.3 Å².